The van der Waals surface area contributed by atoms with E-state index in [1.165, 1.54) is 0 Å². The topological polar surface area (TPSA) is 146 Å². The third-order valence-corrected chi connectivity index (χ3v) is 7.89. The Morgan fingerprint density at radius 2 is 1.61 bits per heavy atom. The fourth-order valence-electron chi connectivity index (χ4n) is 3.58. The lowest BCUT2D eigenvalue weighted by atomic mass is 9.58. The zero-order valence-electron chi connectivity index (χ0n) is 18.6. The van der Waals surface area contributed by atoms with Crippen LogP contribution in [0, 0.1) is 11.3 Å². The van der Waals surface area contributed by atoms with E-state index in [1.54, 1.807) is 13.8 Å². The Labute approximate surface area is 186 Å². The fraction of sp³-hybridized carbons (Fsp3) is 1.00. The molecule has 0 aromatic rings. The van der Waals surface area contributed by atoms with Gasteiger partial charge in [0.15, 0.2) is 0 Å². The zero-order chi connectivity index (χ0) is 23.2. The highest BCUT2D eigenvalue weighted by molar-refractivity contribution is 7.55. The van der Waals surface area contributed by atoms with Crippen LogP contribution in [-0.2, 0) is 32.5 Å². The largest absolute Gasteiger partial charge is 0.399 e. The first-order valence-corrected chi connectivity index (χ1v) is 12.8. The normalized spacial score (nSPS) is 25.5. The average molecular weight is 492 g/mol. The van der Waals surface area contributed by atoms with E-state index in [9.17, 15) is 20.4 Å². The van der Waals surface area contributed by atoms with E-state index in [2.05, 4.69) is 0 Å². The lowest BCUT2D eigenvalue weighted by molar-refractivity contribution is -0.264. The second-order valence-corrected chi connectivity index (χ2v) is 9.45. The molecule has 4 N–H and O–H groups in total. The molecule has 4 atom stereocenters. The van der Waals surface area contributed by atoms with Crippen molar-refractivity contribution in [1.82, 2.24) is 0 Å². The minimum atomic E-state index is -2.16. The number of aliphatic hydroxyl groups excluding tert-OH is 4. The highest BCUT2D eigenvalue weighted by Gasteiger charge is 2.59. The first-order chi connectivity index (χ1) is 15.0. The van der Waals surface area contributed by atoms with Gasteiger partial charge in [-0.1, -0.05) is 19.8 Å². The van der Waals surface area contributed by atoms with E-state index in [-0.39, 0.29) is 19.8 Å². The molecule has 4 unspecified atom stereocenters. The first kappa shape index (κ1) is 29.5. The minimum Gasteiger partial charge on any atom is -0.396 e. The molecule has 0 aromatic heterocycles. The van der Waals surface area contributed by atoms with Crippen molar-refractivity contribution in [2.45, 2.75) is 58.5 Å². The van der Waals surface area contributed by atoms with E-state index >= 15 is 0 Å². The summed E-state index contributed by atoms with van der Waals surface area (Å²) in [7, 11) is -4.32. The lowest BCUT2D eigenvalue weighted by Gasteiger charge is -2.54. The van der Waals surface area contributed by atoms with E-state index in [1.807, 2.05) is 6.92 Å². The Hall–Kier alpha value is 0.420. The van der Waals surface area contributed by atoms with E-state index in [0.717, 1.165) is 12.8 Å². The van der Waals surface area contributed by atoms with Crippen LogP contribution in [0.5, 0.6) is 0 Å². The quantitative estimate of drug-likeness (QED) is 0.0970. The summed E-state index contributed by atoms with van der Waals surface area (Å²) in [6.07, 6.45) is 3.21. The molecule has 0 aliphatic heterocycles. The standard InChI is InChI=1S/C18H38O11P2/c1-4-7-11-24-28-31(27-23-5-2)29-30(25-6-3)26-18(15-22)10-8-9-16(12-19)17(18,13-20)14-21/h16,19-22H,4-15H2,1-3H3. The molecule has 1 saturated carbocycles. The molecule has 1 rings (SSSR count). The van der Waals surface area contributed by atoms with Crippen molar-refractivity contribution in [3.63, 3.8) is 0 Å². The summed E-state index contributed by atoms with van der Waals surface area (Å²) in [5, 5.41) is 40.6. The van der Waals surface area contributed by atoms with Crippen molar-refractivity contribution in [2.75, 3.05) is 46.2 Å². The molecule has 1 fully saturated rings. The molecule has 0 amide bonds. The van der Waals surface area contributed by atoms with E-state index in [0.29, 0.717) is 25.9 Å². The van der Waals surface area contributed by atoms with Crippen molar-refractivity contribution in [3.05, 3.63) is 0 Å². The Morgan fingerprint density at radius 1 is 0.903 bits per heavy atom. The molecule has 0 saturated heterocycles. The van der Waals surface area contributed by atoms with Gasteiger partial charge in [-0.15, -0.1) is 0 Å². The van der Waals surface area contributed by atoms with E-state index < -0.39 is 54.0 Å². The zero-order valence-corrected chi connectivity index (χ0v) is 20.4. The van der Waals surface area contributed by atoms with Crippen molar-refractivity contribution in [2.24, 2.45) is 11.3 Å². The number of aliphatic hydroxyl groups is 4. The minimum absolute atomic E-state index is 0.219. The van der Waals surface area contributed by atoms with Crippen LogP contribution >= 0.6 is 17.2 Å². The Balaban J connectivity index is 3.03. The van der Waals surface area contributed by atoms with Crippen LogP contribution in [0.1, 0.15) is 52.9 Å². The van der Waals surface area contributed by atoms with Crippen LogP contribution in [0.2, 0.25) is 0 Å². The second kappa shape index (κ2) is 16.1. The van der Waals surface area contributed by atoms with Gasteiger partial charge in [0.1, 0.15) is 5.60 Å². The molecule has 0 bridgehead atoms. The van der Waals surface area contributed by atoms with Gasteiger partial charge >= 0.3 is 17.2 Å². The van der Waals surface area contributed by atoms with Crippen LogP contribution in [-0.4, -0.2) is 72.3 Å². The van der Waals surface area contributed by atoms with Gasteiger partial charge in [-0.05, 0) is 39.0 Å². The van der Waals surface area contributed by atoms with Crippen molar-refractivity contribution in [1.29, 1.82) is 0 Å². The molecule has 1 aliphatic carbocycles. The summed E-state index contributed by atoms with van der Waals surface area (Å²) in [5.41, 5.74) is -2.70. The summed E-state index contributed by atoms with van der Waals surface area (Å²) in [4.78, 5) is 10.0. The van der Waals surface area contributed by atoms with Gasteiger partial charge in [-0.2, -0.15) is 9.35 Å². The van der Waals surface area contributed by atoms with Crippen LogP contribution in [0.3, 0.4) is 0 Å². The van der Waals surface area contributed by atoms with Crippen LogP contribution in [0.15, 0.2) is 0 Å². The van der Waals surface area contributed by atoms with Crippen LogP contribution in [0.4, 0.5) is 0 Å². The van der Waals surface area contributed by atoms with Crippen LogP contribution in [0.25, 0.3) is 0 Å². The molecule has 13 heteroatoms. The molecule has 31 heavy (non-hydrogen) atoms. The highest BCUT2D eigenvalue weighted by Crippen LogP contribution is 2.62. The summed E-state index contributed by atoms with van der Waals surface area (Å²) >= 11 is 0. The van der Waals surface area contributed by atoms with Crippen molar-refractivity contribution >= 4 is 17.2 Å². The van der Waals surface area contributed by atoms with Gasteiger partial charge in [-0.25, -0.2) is 14.1 Å². The number of rotatable bonds is 18. The summed E-state index contributed by atoms with van der Waals surface area (Å²) < 4.78 is 27.7. The maximum Gasteiger partial charge on any atom is 0.399 e. The fourth-order valence-corrected chi connectivity index (χ4v) is 5.82. The molecule has 0 radical (unpaired) electrons. The first-order valence-electron chi connectivity index (χ1n) is 10.7. The van der Waals surface area contributed by atoms with Gasteiger partial charge < -0.3 is 29.5 Å². The Morgan fingerprint density at radius 3 is 2.16 bits per heavy atom. The molecule has 0 spiro atoms. The number of hydrogen-bond acceptors (Lipinski definition) is 11. The molecule has 1 aliphatic rings. The summed E-state index contributed by atoms with van der Waals surface area (Å²) in [6, 6.07) is 0. The predicted octanol–water partition coefficient (Wildman–Crippen LogP) is 2.72. The predicted molar refractivity (Wildman–Crippen MR) is 113 cm³/mol. The summed E-state index contributed by atoms with van der Waals surface area (Å²) in [5.74, 6) is -0.475. The van der Waals surface area contributed by atoms with Gasteiger partial charge in [0.2, 0.25) is 0 Å². The highest BCUT2D eigenvalue weighted by atomic mass is 31.2. The third kappa shape index (κ3) is 8.00. The molecule has 186 valence electrons. The maximum absolute atomic E-state index is 10.3. The number of unbranched alkanes of at least 4 members (excludes halogenated alkanes) is 1. The second-order valence-electron chi connectivity index (χ2n) is 7.17. The van der Waals surface area contributed by atoms with Crippen molar-refractivity contribution < 1.29 is 52.9 Å². The molecule has 0 aromatic carbocycles. The van der Waals surface area contributed by atoms with E-state index in [4.69, 9.17) is 32.5 Å². The monoisotopic (exact) mass is 492 g/mol. The molecular formula is C18H38O11P2. The smallest absolute Gasteiger partial charge is 0.396 e. The summed E-state index contributed by atoms with van der Waals surface area (Å²) in [6.45, 7) is 4.49. The van der Waals surface area contributed by atoms with Gasteiger partial charge in [-0.3, -0.25) is 0 Å². The number of hydrogen-bond donors (Lipinski definition) is 4. The Kier molecular flexibility index (Phi) is 15.3. The maximum atomic E-state index is 10.3. The molecule has 0 heterocycles. The van der Waals surface area contributed by atoms with Gasteiger partial charge in [0, 0.05) is 6.61 Å². The van der Waals surface area contributed by atoms with Crippen molar-refractivity contribution in [3.8, 4) is 0 Å². The Bertz CT molecular complexity index is 458. The average Bonchev–Trinajstić information content (AvgIpc) is 2.79. The van der Waals surface area contributed by atoms with Crippen LogP contribution < -0.4 is 0 Å². The molecular weight excluding hydrogens is 454 g/mol. The van der Waals surface area contributed by atoms with Gasteiger partial charge in [0.05, 0.1) is 45.1 Å². The molecule has 11 nitrogen and oxygen atoms in total. The lowest BCUT2D eigenvalue weighted by Crippen LogP contribution is -2.63. The SMILES string of the molecule is CCCCOOP(OOCC)OP(OCC)OC1(CO)CCCC(CO)C1(CO)CO. The third-order valence-electron chi connectivity index (χ3n) is 5.41. The van der Waals surface area contributed by atoms with Gasteiger partial charge in [0.25, 0.3) is 0 Å².